The smallest absolute Gasteiger partial charge is 0.309 e. The van der Waals surface area contributed by atoms with Gasteiger partial charge in [0.1, 0.15) is 4.21 Å². The zero-order valence-electron chi connectivity index (χ0n) is 12.5. The van der Waals surface area contributed by atoms with Crippen molar-refractivity contribution in [2.45, 2.75) is 24.1 Å². The topological polar surface area (TPSA) is 110 Å². The van der Waals surface area contributed by atoms with Crippen LogP contribution in [0.3, 0.4) is 0 Å². The normalized spacial score (nSPS) is 12.5. The molecule has 0 spiro atoms. The highest BCUT2D eigenvalue weighted by Gasteiger charge is 2.20. The van der Waals surface area contributed by atoms with Crippen molar-refractivity contribution in [1.29, 1.82) is 0 Å². The summed E-state index contributed by atoms with van der Waals surface area (Å²) in [6.07, 6.45) is 0.250. The number of rotatable bonds is 6. The largest absolute Gasteiger partial charge is 0.373 e. The molecule has 3 N–H and O–H groups in total. The molecule has 1 rings (SSSR count). The van der Waals surface area contributed by atoms with Crippen molar-refractivity contribution < 1.29 is 18.0 Å². The van der Waals surface area contributed by atoms with E-state index in [1.54, 1.807) is 6.07 Å². The number of likely N-dealkylation sites (N-methyl/N-ethyl adjacent to an activating group) is 2. The minimum Gasteiger partial charge on any atom is -0.309 e. The summed E-state index contributed by atoms with van der Waals surface area (Å²) in [5.74, 6) is 0. The fourth-order valence-corrected chi connectivity index (χ4v) is 3.78. The van der Waals surface area contributed by atoms with E-state index in [0.29, 0.717) is 0 Å². The van der Waals surface area contributed by atoms with Gasteiger partial charge >= 0.3 is 6.15 Å². The number of nitrogens with two attached hydrogens (primary N) is 1. The molecule has 7 nitrogen and oxygen atoms in total. The quantitative estimate of drug-likeness (QED) is 0.775. The van der Waals surface area contributed by atoms with E-state index in [2.05, 4.69) is 10.2 Å². The Morgan fingerprint density at radius 3 is 2.29 bits per heavy atom. The van der Waals surface area contributed by atoms with E-state index in [0.717, 1.165) is 23.5 Å². The van der Waals surface area contributed by atoms with E-state index in [1.165, 1.54) is 11.3 Å². The molecule has 0 fully saturated rings. The molecule has 1 atom stereocenters. The fraction of sp³-hybridized carbons (Fsp3) is 0.583. The van der Waals surface area contributed by atoms with Crippen molar-refractivity contribution in [3.63, 3.8) is 0 Å². The second-order valence-electron chi connectivity index (χ2n) is 4.58. The molecule has 0 saturated heterocycles. The van der Waals surface area contributed by atoms with Crippen LogP contribution in [0.1, 0.15) is 23.4 Å². The molecule has 9 heteroatoms. The molecular formula is C12H21N3O4S2. The Bertz CT molecular complexity index is 575. The van der Waals surface area contributed by atoms with Crippen molar-refractivity contribution in [1.82, 2.24) is 10.2 Å². The maximum absolute atomic E-state index is 11.4. The average molecular weight is 335 g/mol. The van der Waals surface area contributed by atoms with Gasteiger partial charge in [-0.15, -0.1) is 11.3 Å². The molecule has 1 aromatic heterocycles. The molecule has 0 saturated carbocycles. The lowest BCUT2D eigenvalue weighted by Crippen LogP contribution is -2.31. The van der Waals surface area contributed by atoms with Gasteiger partial charge in [0.25, 0.3) is 0 Å². The highest BCUT2D eigenvalue weighted by Crippen LogP contribution is 2.29. The Morgan fingerprint density at radius 1 is 1.43 bits per heavy atom. The lowest BCUT2D eigenvalue weighted by atomic mass is 10.1. The van der Waals surface area contributed by atoms with Gasteiger partial charge in [-0.1, -0.05) is 6.92 Å². The van der Waals surface area contributed by atoms with Crippen molar-refractivity contribution in [3.8, 4) is 0 Å². The van der Waals surface area contributed by atoms with Gasteiger partial charge in [-0.2, -0.15) is 9.59 Å². The predicted octanol–water partition coefficient (Wildman–Crippen LogP) is 0.333. The van der Waals surface area contributed by atoms with Crippen LogP contribution in [0, 0.1) is 6.92 Å². The van der Waals surface area contributed by atoms with Gasteiger partial charge in [0.2, 0.25) is 10.0 Å². The van der Waals surface area contributed by atoms with Crippen molar-refractivity contribution in [3.05, 3.63) is 16.5 Å². The Hall–Kier alpha value is -1.09. The molecule has 21 heavy (non-hydrogen) atoms. The van der Waals surface area contributed by atoms with Gasteiger partial charge in [-0.05, 0) is 39.2 Å². The third kappa shape index (κ3) is 6.94. The summed E-state index contributed by atoms with van der Waals surface area (Å²) in [5, 5.41) is 8.53. The van der Waals surface area contributed by atoms with Gasteiger partial charge in [-0.25, -0.2) is 13.6 Å². The minimum absolute atomic E-state index is 0.122. The molecule has 1 aromatic rings. The SMILES string of the molecule is CCN[C@@H](CN(C)C)c1cc(S(N)(=O)=O)sc1C.O=C=O. The van der Waals surface area contributed by atoms with Crippen LogP contribution in [-0.2, 0) is 19.6 Å². The number of sulfonamides is 1. The zero-order chi connectivity index (χ0) is 16.6. The van der Waals surface area contributed by atoms with Crippen LogP contribution in [0.5, 0.6) is 0 Å². The first-order valence-electron chi connectivity index (χ1n) is 6.17. The van der Waals surface area contributed by atoms with Gasteiger partial charge in [0, 0.05) is 17.5 Å². The summed E-state index contributed by atoms with van der Waals surface area (Å²) in [5.41, 5.74) is 1.01. The van der Waals surface area contributed by atoms with E-state index in [9.17, 15) is 8.42 Å². The predicted molar refractivity (Wildman–Crippen MR) is 80.4 cm³/mol. The number of nitrogens with zero attached hydrogens (tertiary/aromatic N) is 1. The number of hydrogen-bond acceptors (Lipinski definition) is 7. The van der Waals surface area contributed by atoms with Crippen LogP contribution in [0.25, 0.3) is 0 Å². The highest BCUT2D eigenvalue weighted by molar-refractivity contribution is 7.91. The van der Waals surface area contributed by atoms with Crippen LogP contribution in [-0.4, -0.2) is 46.7 Å². The van der Waals surface area contributed by atoms with Gasteiger partial charge in [0.05, 0.1) is 0 Å². The van der Waals surface area contributed by atoms with Crippen molar-refractivity contribution >= 4 is 27.5 Å². The summed E-state index contributed by atoms with van der Waals surface area (Å²) in [6, 6.07) is 1.81. The third-order valence-corrected chi connectivity index (χ3v) is 5.07. The van der Waals surface area contributed by atoms with E-state index < -0.39 is 10.0 Å². The van der Waals surface area contributed by atoms with E-state index >= 15 is 0 Å². The number of primary sulfonamides is 1. The minimum atomic E-state index is -3.60. The maximum Gasteiger partial charge on any atom is 0.373 e. The first kappa shape index (κ1) is 19.9. The molecule has 0 aromatic carbocycles. The lowest BCUT2D eigenvalue weighted by Gasteiger charge is -2.22. The lowest BCUT2D eigenvalue weighted by molar-refractivity contribution is -0.191. The molecule has 120 valence electrons. The molecule has 1 heterocycles. The van der Waals surface area contributed by atoms with Crippen LogP contribution in [0.2, 0.25) is 0 Å². The summed E-state index contributed by atoms with van der Waals surface area (Å²) < 4.78 is 22.9. The molecule has 0 unspecified atom stereocenters. The number of aryl methyl sites for hydroxylation is 1. The Kier molecular flexibility index (Phi) is 8.57. The highest BCUT2D eigenvalue weighted by atomic mass is 32.2. The first-order valence-corrected chi connectivity index (χ1v) is 8.54. The molecular weight excluding hydrogens is 314 g/mol. The molecule has 0 aliphatic rings. The third-order valence-electron chi connectivity index (χ3n) is 2.59. The van der Waals surface area contributed by atoms with Crippen LogP contribution in [0.15, 0.2) is 10.3 Å². The van der Waals surface area contributed by atoms with E-state index in [-0.39, 0.29) is 16.4 Å². The van der Waals surface area contributed by atoms with Crippen molar-refractivity contribution in [2.75, 3.05) is 27.2 Å². The standard InChI is InChI=1S/C11H21N3O2S2.CO2/c1-5-13-10(7-14(3)4)9-6-11(17-8(9)2)18(12,15)16;2-1-3/h6,10,13H,5,7H2,1-4H3,(H2,12,15,16);/t10-;/m0./s1. The number of hydrogen-bond donors (Lipinski definition) is 2. The summed E-state index contributed by atoms with van der Waals surface area (Å²) in [7, 11) is 0.381. The van der Waals surface area contributed by atoms with Crippen LogP contribution < -0.4 is 10.5 Å². The van der Waals surface area contributed by atoms with Gasteiger partial charge < -0.3 is 10.2 Å². The molecule has 0 radical (unpaired) electrons. The second-order valence-corrected chi connectivity index (χ2v) is 7.62. The molecule has 0 aliphatic heterocycles. The van der Waals surface area contributed by atoms with E-state index in [1.807, 2.05) is 27.9 Å². The van der Waals surface area contributed by atoms with Crippen LogP contribution >= 0.6 is 11.3 Å². The summed E-state index contributed by atoms with van der Waals surface area (Å²) >= 11 is 1.23. The van der Waals surface area contributed by atoms with Crippen LogP contribution in [0.4, 0.5) is 0 Å². The maximum atomic E-state index is 11.4. The molecule has 0 bridgehead atoms. The van der Waals surface area contributed by atoms with E-state index in [4.69, 9.17) is 14.7 Å². The number of nitrogens with one attached hydrogen (secondary N) is 1. The van der Waals surface area contributed by atoms with Gasteiger partial charge in [0.15, 0.2) is 0 Å². The summed E-state index contributed by atoms with van der Waals surface area (Å²) in [4.78, 5) is 19.3. The zero-order valence-corrected chi connectivity index (χ0v) is 14.2. The van der Waals surface area contributed by atoms with Crippen molar-refractivity contribution in [2.24, 2.45) is 5.14 Å². The average Bonchev–Trinajstić information content (AvgIpc) is 2.71. The monoisotopic (exact) mass is 335 g/mol. The Labute approximate surface area is 129 Å². The number of thiophene rings is 1. The second kappa shape index (κ2) is 9.04. The van der Waals surface area contributed by atoms with Gasteiger partial charge in [-0.3, -0.25) is 0 Å². The Morgan fingerprint density at radius 2 is 1.95 bits per heavy atom. The number of carbonyl (C=O) groups excluding carboxylic acids is 2. The summed E-state index contributed by atoms with van der Waals surface area (Å²) in [6.45, 7) is 5.60. The Balaban J connectivity index is 0.00000122. The molecule has 0 amide bonds. The fourth-order valence-electron chi connectivity index (χ4n) is 1.84. The first-order chi connectivity index (χ1) is 9.67. The molecule has 0 aliphatic carbocycles.